The lowest BCUT2D eigenvalue weighted by atomic mass is 9.83. The lowest BCUT2D eigenvalue weighted by Gasteiger charge is -2.20. The van der Waals surface area contributed by atoms with Gasteiger partial charge in [-0.3, -0.25) is 0 Å². The summed E-state index contributed by atoms with van der Waals surface area (Å²) in [5, 5.41) is 13.6. The Labute approximate surface area is 278 Å². The molecule has 1 unspecified atom stereocenters. The van der Waals surface area contributed by atoms with E-state index in [0.717, 1.165) is 6.42 Å². The highest BCUT2D eigenvalue weighted by atomic mass is 32.2. The van der Waals surface area contributed by atoms with Crippen LogP contribution in [0.5, 0.6) is 0 Å². The smallest absolute Gasteiger partial charge is 0.0379 e. The van der Waals surface area contributed by atoms with E-state index in [1.807, 2.05) is 11.8 Å². The van der Waals surface area contributed by atoms with Crippen LogP contribution >= 0.6 is 11.8 Å². The molecule has 0 saturated carbocycles. The van der Waals surface area contributed by atoms with Gasteiger partial charge in [0, 0.05) is 10.2 Å². The second-order valence-corrected chi connectivity index (χ2v) is 14.0. The van der Waals surface area contributed by atoms with E-state index < -0.39 is 0 Å². The molecule has 1 atom stereocenters. The first-order valence-corrected chi connectivity index (χ1v) is 17.3. The van der Waals surface area contributed by atoms with Gasteiger partial charge in [0.15, 0.2) is 0 Å². The monoisotopic (exact) mass is 614 g/mol. The third kappa shape index (κ3) is 4.17. The topological polar surface area (TPSA) is 0 Å². The van der Waals surface area contributed by atoms with Crippen LogP contribution in [0, 0.1) is 0 Å². The van der Waals surface area contributed by atoms with Crippen LogP contribution in [0.25, 0.3) is 81.0 Å². The molecular weight excluding hydrogens is 585 g/mol. The molecule has 220 valence electrons. The van der Waals surface area contributed by atoms with Gasteiger partial charge in [-0.05, 0) is 99.7 Å². The van der Waals surface area contributed by atoms with Gasteiger partial charge < -0.3 is 0 Å². The molecule has 0 spiro atoms. The molecule has 9 aromatic carbocycles. The molecule has 1 aliphatic heterocycles. The van der Waals surface area contributed by atoms with Gasteiger partial charge in [-0.15, -0.1) is 11.8 Å². The van der Waals surface area contributed by atoms with Crippen LogP contribution < -0.4 is 0 Å². The van der Waals surface area contributed by atoms with Crippen LogP contribution in [0.2, 0.25) is 0 Å². The summed E-state index contributed by atoms with van der Waals surface area (Å²) >= 11 is 1.99. The molecule has 0 fully saturated rings. The number of benzene rings is 9. The van der Waals surface area contributed by atoms with E-state index in [0.29, 0.717) is 5.25 Å². The van der Waals surface area contributed by atoms with Crippen molar-refractivity contribution < 1.29 is 0 Å². The number of hydrogen-bond donors (Lipinski definition) is 0. The van der Waals surface area contributed by atoms with E-state index >= 15 is 0 Å². The normalized spacial score (nSPS) is 15.0. The third-order valence-corrected chi connectivity index (χ3v) is 11.5. The summed E-state index contributed by atoms with van der Waals surface area (Å²) < 4.78 is 0. The number of hydrogen-bond acceptors (Lipinski definition) is 1. The number of allylic oxidation sites excluding steroid dienone is 1. The van der Waals surface area contributed by atoms with Gasteiger partial charge in [0.2, 0.25) is 0 Å². The first-order chi connectivity index (χ1) is 23.3. The maximum absolute atomic E-state index is 2.43. The van der Waals surface area contributed by atoms with Crippen molar-refractivity contribution in [3.05, 3.63) is 175 Å². The molecule has 47 heavy (non-hydrogen) atoms. The molecular formula is C46H30S. The Balaban J connectivity index is 1.19. The molecule has 0 bridgehead atoms. The first-order valence-electron chi connectivity index (χ1n) is 16.4. The standard InChI is InChI=1S/C46H30S/c1-2-10-29(11-3-1)41-26-27-42(47-41)33-14-9-15-34(28-33)44-35-16-4-6-18-37(35)46(38-19-7-5-17-36(38)44)40-25-23-32-21-20-30-12-8-13-31-22-24-39(40)45(32)43(30)31/h1-25,27-28,41H,26H2. The molecule has 0 aromatic heterocycles. The largest absolute Gasteiger partial charge is 0.117 e. The highest BCUT2D eigenvalue weighted by Gasteiger charge is 2.23. The minimum absolute atomic E-state index is 0.473. The van der Waals surface area contributed by atoms with Crippen LogP contribution in [-0.4, -0.2) is 0 Å². The van der Waals surface area contributed by atoms with Crippen molar-refractivity contribution in [1.82, 2.24) is 0 Å². The average molecular weight is 615 g/mol. The maximum Gasteiger partial charge on any atom is 0.0379 e. The second-order valence-electron chi connectivity index (χ2n) is 12.7. The summed E-state index contributed by atoms with van der Waals surface area (Å²) in [7, 11) is 0. The summed E-state index contributed by atoms with van der Waals surface area (Å²) in [4.78, 5) is 1.37. The number of rotatable bonds is 4. The summed E-state index contributed by atoms with van der Waals surface area (Å²) in [6.45, 7) is 0. The molecule has 0 saturated heterocycles. The number of fused-ring (bicyclic) bond motifs is 2. The van der Waals surface area contributed by atoms with Gasteiger partial charge in [-0.25, -0.2) is 0 Å². The zero-order valence-corrected chi connectivity index (χ0v) is 26.6. The lowest BCUT2D eigenvalue weighted by molar-refractivity contribution is 0.991. The lowest BCUT2D eigenvalue weighted by Crippen LogP contribution is -1.93. The fraction of sp³-hybridized carbons (Fsp3) is 0.0435. The summed E-state index contributed by atoms with van der Waals surface area (Å²) in [6, 6.07) is 58.7. The Bertz CT molecular complexity index is 2610. The Hall–Kier alpha value is -5.37. The van der Waals surface area contributed by atoms with Crippen LogP contribution in [0.1, 0.15) is 22.8 Å². The average Bonchev–Trinajstić information content (AvgIpc) is 3.64. The Morgan fingerprint density at radius 2 is 1.00 bits per heavy atom. The fourth-order valence-corrected chi connectivity index (χ4v) is 9.28. The Morgan fingerprint density at radius 3 is 1.72 bits per heavy atom. The molecule has 0 radical (unpaired) electrons. The molecule has 1 heterocycles. The Morgan fingerprint density at radius 1 is 0.426 bits per heavy atom. The zero-order valence-electron chi connectivity index (χ0n) is 25.8. The van der Waals surface area contributed by atoms with Crippen molar-refractivity contribution in [2.45, 2.75) is 11.7 Å². The highest BCUT2D eigenvalue weighted by molar-refractivity contribution is 8.08. The SMILES string of the molecule is C1=C(c2cccc(-c3c4ccccc4c(-c4ccc5ccc6cccc7ccc4c5c67)c4ccccc34)c2)SC(c2ccccc2)C1. The van der Waals surface area contributed by atoms with Gasteiger partial charge in [-0.2, -0.15) is 0 Å². The van der Waals surface area contributed by atoms with Crippen molar-refractivity contribution >= 4 is 70.5 Å². The highest BCUT2D eigenvalue weighted by Crippen LogP contribution is 2.50. The fourth-order valence-electron chi connectivity index (χ4n) is 8.03. The van der Waals surface area contributed by atoms with Crippen LogP contribution in [0.3, 0.4) is 0 Å². The zero-order chi connectivity index (χ0) is 30.9. The Kier molecular flexibility index (Phi) is 6.04. The summed E-state index contributed by atoms with van der Waals surface area (Å²) in [5.74, 6) is 0. The molecule has 0 N–H and O–H groups in total. The molecule has 1 aliphatic rings. The molecule has 1 heteroatoms. The molecule has 0 amide bonds. The van der Waals surface area contributed by atoms with Gasteiger partial charge in [0.1, 0.15) is 0 Å². The van der Waals surface area contributed by atoms with Crippen molar-refractivity contribution in [2.24, 2.45) is 0 Å². The van der Waals surface area contributed by atoms with Crippen LogP contribution in [-0.2, 0) is 0 Å². The summed E-state index contributed by atoms with van der Waals surface area (Å²) in [6.07, 6.45) is 3.49. The third-order valence-electron chi connectivity index (χ3n) is 10.1. The van der Waals surface area contributed by atoms with Crippen LogP contribution in [0.4, 0.5) is 0 Å². The van der Waals surface area contributed by atoms with E-state index in [1.54, 1.807) is 0 Å². The van der Waals surface area contributed by atoms with Crippen molar-refractivity contribution in [3.63, 3.8) is 0 Å². The van der Waals surface area contributed by atoms with E-state index in [-0.39, 0.29) is 0 Å². The van der Waals surface area contributed by atoms with Crippen molar-refractivity contribution in [2.75, 3.05) is 0 Å². The van der Waals surface area contributed by atoms with Gasteiger partial charge >= 0.3 is 0 Å². The first kappa shape index (κ1) is 26.8. The van der Waals surface area contributed by atoms with Crippen molar-refractivity contribution in [3.8, 4) is 22.3 Å². The second kappa shape index (κ2) is 10.6. The quantitative estimate of drug-likeness (QED) is 0.140. The van der Waals surface area contributed by atoms with Gasteiger partial charge in [-0.1, -0.05) is 158 Å². The molecule has 10 rings (SSSR count). The van der Waals surface area contributed by atoms with Crippen LogP contribution in [0.15, 0.2) is 164 Å². The summed E-state index contributed by atoms with van der Waals surface area (Å²) in [5.41, 5.74) is 7.88. The van der Waals surface area contributed by atoms with E-state index in [4.69, 9.17) is 0 Å². The molecule has 0 aliphatic carbocycles. The molecule has 9 aromatic rings. The minimum Gasteiger partial charge on any atom is -0.117 e. The van der Waals surface area contributed by atoms with E-state index in [1.165, 1.54) is 92.1 Å². The van der Waals surface area contributed by atoms with Gasteiger partial charge in [0.05, 0.1) is 0 Å². The number of thioether (sulfide) groups is 1. The van der Waals surface area contributed by atoms with Gasteiger partial charge in [0.25, 0.3) is 0 Å². The predicted octanol–water partition coefficient (Wildman–Crippen LogP) is 13.4. The predicted molar refractivity (Wildman–Crippen MR) is 205 cm³/mol. The minimum atomic E-state index is 0.473. The molecule has 0 nitrogen and oxygen atoms in total. The van der Waals surface area contributed by atoms with E-state index in [9.17, 15) is 0 Å². The van der Waals surface area contributed by atoms with E-state index in [2.05, 4.69) is 164 Å². The van der Waals surface area contributed by atoms with Crippen molar-refractivity contribution in [1.29, 1.82) is 0 Å². The maximum atomic E-state index is 2.43.